The number of pyridine rings is 1. The maximum absolute atomic E-state index is 4.96. The van der Waals surface area contributed by atoms with Gasteiger partial charge in [0.15, 0.2) is 7.28 Å². The highest BCUT2D eigenvalue weighted by Crippen LogP contribution is 2.31. The van der Waals surface area contributed by atoms with Gasteiger partial charge >= 0.3 is 0 Å². The predicted molar refractivity (Wildman–Crippen MR) is 125 cm³/mol. The molecule has 0 unspecified atom stereocenters. The van der Waals surface area contributed by atoms with Crippen molar-refractivity contribution in [1.82, 2.24) is 9.97 Å². The molecule has 2 nitrogen and oxygen atoms in total. The van der Waals surface area contributed by atoms with Gasteiger partial charge in [0.1, 0.15) is 0 Å². The fraction of sp³-hybridized carbons (Fsp3) is 0.750. The van der Waals surface area contributed by atoms with Crippen LogP contribution in [0.4, 0.5) is 0 Å². The fourth-order valence-corrected chi connectivity index (χ4v) is 6.40. The van der Waals surface area contributed by atoms with Gasteiger partial charge in [0, 0.05) is 11.6 Å². The van der Waals surface area contributed by atoms with Gasteiger partial charge in [-0.3, -0.25) is 9.97 Å². The Hall–Kier alpha value is -0.895. The predicted octanol–water partition coefficient (Wildman–Crippen LogP) is 6.89. The molecule has 2 aromatic rings. The molecule has 0 amide bonds. The van der Waals surface area contributed by atoms with E-state index in [1.54, 1.807) is 0 Å². The highest BCUT2D eigenvalue weighted by Gasteiger charge is 2.18. The summed E-state index contributed by atoms with van der Waals surface area (Å²) in [7, 11) is 1.19. The molecule has 0 saturated heterocycles. The second kappa shape index (κ2) is 10.8. The first-order valence-electron chi connectivity index (χ1n) is 12.1. The number of fused-ring (bicyclic) bond motifs is 1. The van der Waals surface area contributed by atoms with Crippen LogP contribution >= 0.6 is 11.3 Å². The van der Waals surface area contributed by atoms with E-state index in [1.165, 1.54) is 125 Å². The van der Waals surface area contributed by atoms with Gasteiger partial charge in [-0.25, -0.2) is 0 Å². The van der Waals surface area contributed by atoms with Crippen LogP contribution in [0.1, 0.15) is 114 Å². The van der Waals surface area contributed by atoms with E-state index in [4.69, 9.17) is 9.97 Å². The zero-order chi connectivity index (χ0) is 19.0. The van der Waals surface area contributed by atoms with Crippen LogP contribution in [0.3, 0.4) is 0 Å². The van der Waals surface area contributed by atoms with Crippen molar-refractivity contribution in [2.24, 2.45) is 0 Å². The Morgan fingerprint density at radius 2 is 1.32 bits per heavy atom. The monoisotopic (exact) mass is 396 g/mol. The maximum Gasteiger partial charge on any atom is 0.199 e. The Labute approximate surface area is 176 Å². The molecule has 2 heterocycles. The zero-order valence-electron chi connectivity index (χ0n) is 17.6. The summed E-state index contributed by atoms with van der Waals surface area (Å²) < 4.78 is 1.38. The lowest BCUT2D eigenvalue weighted by Gasteiger charge is -2.18. The summed E-state index contributed by atoms with van der Waals surface area (Å²) in [6, 6.07) is 2.39. The summed E-state index contributed by atoms with van der Waals surface area (Å²) in [4.78, 5) is 11.2. The number of hydrogen-bond acceptors (Lipinski definition) is 3. The minimum Gasteiger partial charge on any atom is -0.259 e. The summed E-state index contributed by atoms with van der Waals surface area (Å²) in [6.45, 7) is 0. The largest absolute Gasteiger partial charge is 0.259 e. The smallest absolute Gasteiger partial charge is 0.199 e. The SMILES string of the molecule is B(c1nc2cnc(C3CCCCCCCCC3)cc2s1)C1CCCCCCC1. The van der Waals surface area contributed by atoms with E-state index in [0.717, 1.165) is 11.3 Å². The van der Waals surface area contributed by atoms with Crippen molar-refractivity contribution in [3.8, 4) is 0 Å². The van der Waals surface area contributed by atoms with Crippen molar-refractivity contribution in [1.29, 1.82) is 0 Å². The number of rotatable bonds is 3. The molecule has 0 aromatic carbocycles. The second-order valence-corrected chi connectivity index (χ2v) is 10.5. The van der Waals surface area contributed by atoms with Crippen LogP contribution in [0.15, 0.2) is 12.3 Å². The third kappa shape index (κ3) is 5.81. The van der Waals surface area contributed by atoms with Crippen molar-refractivity contribution in [3.63, 3.8) is 0 Å². The molecule has 0 aliphatic heterocycles. The summed E-state index contributed by atoms with van der Waals surface area (Å²) in [5.74, 6) is 1.52. The third-order valence-electron chi connectivity index (χ3n) is 7.05. The van der Waals surface area contributed by atoms with Gasteiger partial charge in [0.25, 0.3) is 0 Å². The number of hydrogen-bond donors (Lipinski definition) is 0. The van der Waals surface area contributed by atoms with Crippen molar-refractivity contribution in [3.05, 3.63) is 18.0 Å². The third-order valence-corrected chi connectivity index (χ3v) is 8.09. The Kier molecular flexibility index (Phi) is 7.83. The van der Waals surface area contributed by atoms with Gasteiger partial charge in [-0.1, -0.05) is 95.7 Å². The molecule has 2 saturated carbocycles. The number of aromatic nitrogens is 2. The van der Waals surface area contributed by atoms with E-state index in [2.05, 4.69) is 12.3 Å². The average molecular weight is 396 g/mol. The molecule has 0 atom stereocenters. The molecule has 152 valence electrons. The first-order chi connectivity index (χ1) is 13.9. The minimum atomic E-state index is 0.665. The first-order valence-corrected chi connectivity index (χ1v) is 13.0. The van der Waals surface area contributed by atoms with E-state index in [0.29, 0.717) is 5.92 Å². The van der Waals surface area contributed by atoms with Gasteiger partial charge in [0.05, 0.1) is 21.3 Å². The summed E-state index contributed by atoms with van der Waals surface area (Å²) in [5, 5.41) is 0. The Balaban J connectivity index is 1.44. The molecular weight excluding hydrogens is 359 g/mol. The molecule has 28 heavy (non-hydrogen) atoms. The van der Waals surface area contributed by atoms with Crippen LogP contribution in [-0.2, 0) is 0 Å². The van der Waals surface area contributed by atoms with Crippen molar-refractivity contribution in [2.45, 2.75) is 114 Å². The van der Waals surface area contributed by atoms with Crippen LogP contribution in [0, 0.1) is 0 Å². The van der Waals surface area contributed by atoms with Crippen LogP contribution in [0.2, 0.25) is 5.82 Å². The molecule has 0 bridgehead atoms. The van der Waals surface area contributed by atoms with E-state index < -0.39 is 0 Å². The standard InChI is InChI=1S/C24H37BN2S/c1-2-5-9-13-19(14-10-6-3-1)21-17-23-22(18-26-21)27-24(28-23)25-20-15-11-7-4-8-12-16-20/h17-20,25H,1-16H2. The van der Waals surface area contributed by atoms with Gasteiger partial charge in [-0.05, 0) is 18.9 Å². The number of thiazole rings is 1. The average Bonchev–Trinajstić information content (AvgIpc) is 3.09. The maximum atomic E-state index is 4.96. The molecule has 0 radical (unpaired) electrons. The molecule has 2 aliphatic carbocycles. The molecule has 2 fully saturated rings. The van der Waals surface area contributed by atoms with Crippen molar-refractivity contribution < 1.29 is 0 Å². The highest BCUT2D eigenvalue weighted by atomic mass is 32.1. The van der Waals surface area contributed by atoms with E-state index in [-0.39, 0.29) is 0 Å². The van der Waals surface area contributed by atoms with Gasteiger partial charge in [-0.2, -0.15) is 0 Å². The molecule has 0 spiro atoms. The summed E-state index contributed by atoms with van der Waals surface area (Å²) >= 11 is 1.95. The Bertz CT molecular complexity index is 710. The Morgan fingerprint density at radius 3 is 1.96 bits per heavy atom. The van der Waals surface area contributed by atoms with Crippen molar-refractivity contribution in [2.75, 3.05) is 0 Å². The molecule has 2 aliphatic rings. The van der Waals surface area contributed by atoms with Crippen molar-refractivity contribution >= 4 is 33.7 Å². The highest BCUT2D eigenvalue weighted by molar-refractivity contribution is 7.26. The summed E-state index contributed by atoms with van der Waals surface area (Å²) in [6.07, 6.45) is 24.6. The van der Waals surface area contributed by atoms with Crippen LogP contribution < -0.4 is 4.91 Å². The molecule has 4 rings (SSSR count). The van der Waals surface area contributed by atoms with Gasteiger partial charge in [-0.15, -0.1) is 11.3 Å². The van der Waals surface area contributed by atoms with Gasteiger partial charge < -0.3 is 0 Å². The van der Waals surface area contributed by atoms with Crippen LogP contribution in [-0.4, -0.2) is 17.2 Å². The molecule has 0 N–H and O–H groups in total. The second-order valence-electron chi connectivity index (χ2n) is 9.35. The quantitative estimate of drug-likeness (QED) is 0.528. The fourth-order valence-electron chi connectivity index (χ4n) is 5.30. The van der Waals surface area contributed by atoms with E-state index in [9.17, 15) is 0 Å². The van der Waals surface area contributed by atoms with Crippen LogP contribution in [0.5, 0.6) is 0 Å². The minimum absolute atomic E-state index is 0.665. The van der Waals surface area contributed by atoms with E-state index in [1.807, 2.05) is 11.3 Å². The molecular formula is C24H37BN2S. The normalized spacial score (nSPS) is 21.9. The molecule has 2 aromatic heterocycles. The number of nitrogens with zero attached hydrogens (tertiary/aromatic N) is 2. The van der Waals surface area contributed by atoms with Crippen LogP contribution in [0.25, 0.3) is 10.2 Å². The van der Waals surface area contributed by atoms with E-state index >= 15 is 0 Å². The topological polar surface area (TPSA) is 25.8 Å². The lowest BCUT2D eigenvalue weighted by molar-refractivity contribution is 0.457. The van der Waals surface area contributed by atoms with Gasteiger partial charge in [0.2, 0.25) is 0 Å². The zero-order valence-corrected chi connectivity index (χ0v) is 18.4. The summed E-state index contributed by atoms with van der Waals surface area (Å²) in [5.41, 5.74) is 2.48. The Morgan fingerprint density at radius 1 is 0.750 bits per heavy atom. The first kappa shape index (κ1) is 20.4. The molecule has 4 heteroatoms. The lowest BCUT2D eigenvalue weighted by atomic mass is 9.60. The lowest BCUT2D eigenvalue weighted by Crippen LogP contribution is -2.19.